The molecule has 1 amide bonds. The second-order valence-electron chi connectivity index (χ2n) is 7.11. The Balaban J connectivity index is 1.79. The Morgan fingerprint density at radius 2 is 1.89 bits per heavy atom. The van der Waals surface area contributed by atoms with E-state index in [1.807, 2.05) is 20.8 Å². The van der Waals surface area contributed by atoms with Crippen LogP contribution in [-0.4, -0.2) is 64.3 Å². The molecule has 9 heteroatoms. The predicted molar refractivity (Wildman–Crippen MR) is 98.4 cm³/mol. The average molecular weight is 398 g/mol. The molecule has 0 radical (unpaired) electrons. The van der Waals surface area contributed by atoms with Crippen molar-refractivity contribution in [3.05, 3.63) is 18.2 Å². The number of hydrogen-bond donors (Lipinski definition) is 1. The Morgan fingerprint density at radius 3 is 2.56 bits per heavy atom. The van der Waals surface area contributed by atoms with Crippen molar-refractivity contribution in [3.63, 3.8) is 0 Å². The minimum absolute atomic E-state index is 0.0422. The highest BCUT2D eigenvalue weighted by Gasteiger charge is 2.33. The van der Waals surface area contributed by atoms with Gasteiger partial charge in [0.1, 0.15) is 19.3 Å². The molecule has 1 fully saturated rings. The highest BCUT2D eigenvalue weighted by Crippen LogP contribution is 2.32. The van der Waals surface area contributed by atoms with Crippen LogP contribution in [0.5, 0.6) is 11.5 Å². The van der Waals surface area contributed by atoms with Crippen LogP contribution in [0.2, 0.25) is 0 Å². The van der Waals surface area contributed by atoms with E-state index in [2.05, 4.69) is 4.72 Å². The first kappa shape index (κ1) is 19.9. The van der Waals surface area contributed by atoms with Crippen LogP contribution in [-0.2, 0) is 19.6 Å². The molecule has 150 valence electrons. The van der Waals surface area contributed by atoms with Gasteiger partial charge in [-0.05, 0) is 25.0 Å². The molecule has 0 aromatic heterocycles. The van der Waals surface area contributed by atoms with E-state index in [-0.39, 0.29) is 22.8 Å². The van der Waals surface area contributed by atoms with E-state index in [1.54, 1.807) is 11.0 Å². The van der Waals surface area contributed by atoms with Gasteiger partial charge in [-0.3, -0.25) is 4.79 Å². The largest absolute Gasteiger partial charge is 0.486 e. The number of benzene rings is 1. The lowest BCUT2D eigenvalue weighted by molar-refractivity contribution is -0.141. The maximum Gasteiger partial charge on any atom is 0.241 e. The number of nitrogens with one attached hydrogen (secondary N) is 1. The third-order valence-corrected chi connectivity index (χ3v) is 6.03. The minimum atomic E-state index is -3.90. The molecule has 3 rings (SSSR count). The average Bonchev–Trinajstić information content (AvgIpc) is 2.65. The maximum atomic E-state index is 12.9. The second-order valence-corrected chi connectivity index (χ2v) is 8.83. The van der Waals surface area contributed by atoms with E-state index in [9.17, 15) is 13.2 Å². The molecule has 1 aromatic rings. The summed E-state index contributed by atoms with van der Waals surface area (Å²) in [4.78, 5) is 14.6. The third kappa shape index (κ3) is 4.53. The van der Waals surface area contributed by atoms with E-state index >= 15 is 0 Å². The Labute approximate surface area is 159 Å². The van der Waals surface area contributed by atoms with Crippen LogP contribution in [0.25, 0.3) is 0 Å². The normalized spacial score (nSPS) is 21.2. The van der Waals surface area contributed by atoms with Crippen molar-refractivity contribution in [1.82, 2.24) is 9.62 Å². The van der Waals surface area contributed by atoms with Gasteiger partial charge in [0.15, 0.2) is 11.5 Å². The van der Waals surface area contributed by atoms with E-state index in [0.717, 1.165) is 0 Å². The molecule has 27 heavy (non-hydrogen) atoms. The molecule has 0 unspecified atom stereocenters. The first-order chi connectivity index (χ1) is 12.8. The van der Waals surface area contributed by atoms with Gasteiger partial charge in [0, 0.05) is 19.2 Å². The summed E-state index contributed by atoms with van der Waals surface area (Å²) in [5, 5.41) is 0. The second kappa shape index (κ2) is 8.04. The van der Waals surface area contributed by atoms with Crippen LogP contribution in [0.1, 0.15) is 20.8 Å². The lowest BCUT2D eigenvalue weighted by Gasteiger charge is -2.34. The summed E-state index contributed by atoms with van der Waals surface area (Å²) < 4.78 is 44.7. The lowest BCUT2D eigenvalue weighted by Crippen LogP contribution is -2.55. The van der Waals surface area contributed by atoms with Gasteiger partial charge in [-0.1, -0.05) is 13.8 Å². The van der Waals surface area contributed by atoms with Gasteiger partial charge in [-0.2, -0.15) is 4.72 Å². The fourth-order valence-corrected chi connectivity index (χ4v) is 4.47. The number of nitrogens with zero attached hydrogens (tertiary/aromatic N) is 1. The van der Waals surface area contributed by atoms with Crippen LogP contribution in [0.3, 0.4) is 0 Å². The summed E-state index contributed by atoms with van der Waals surface area (Å²) in [7, 11) is -3.90. The smallest absolute Gasteiger partial charge is 0.241 e. The number of sulfonamides is 1. The van der Waals surface area contributed by atoms with Crippen LogP contribution < -0.4 is 14.2 Å². The summed E-state index contributed by atoms with van der Waals surface area (Å²) in [6, 6.07) is 3.59. The van der Waals surface area contributed by atoms with E-state index < -0.39 is 16.1 Å². The summed E-state index contributed by atoms with van der Waals surface area (Å²) in [5.74, 6) is 0.460. The highest BCUT2D eigenvalue weighted by molar-refractivity contribution is 7.89. The molecule has 1 N–H and O–H groups in total. The van der Waals surface area contributed by atoms with E-state index in [1.165, 1.54) is 12.1 Å². The summed E-state index contributed by atoms with van der Waals surface area (Å²) in [6.07, 6.45) is -0.0649. The van der Waals surface area contributed by atoms with Gasteiger partial charge < -0.3 is 19.1 Å². The standard InChI is InChI=1S/C18H26N2O6S/c1-12(2)17(18(21)20-6-7-24-13(3)11-20)19-27(22,23)14-4-5-15-16(10-14)26-9-8-25-15/h4-5,10,12-13,17,19H,6-9,11H2,1-3H3/t13-,17-/m1/s1. The number of morpholine rings is 1. The molecule has 8 nitrogen and oxygen atoms in total. The summed E-state index contributed by atoms with van der Waals surface area (Å²) >= 11 is 0. The van der Waals surface area contributed by atoms with Crippen molar-refractivity contribution in [1.29, 1.82) is 0 Å². The third-order valence-electron chi connectivity index (χ3n) is 4.59. The molecule has 0 saturated carbocycles. The zero-order chi connectivity index (χ0) is 19.6. The highest BCUT2D eigenvalue weighted by atomic mass is 32.2. The Bertz CT molecular complexity index is 795. The van der Waals surface area contributed by atoms with Gasteiger partial charge in [0.05, 0.1) is 17.6 Å². The number of fused-ring (bicyclic) bond motifs is 1. The number of rotatable bonds is 5. The number of carbonyl (C=O) groups is 1. The molecule has 2 aliphatic rings. The van der Waals surface area contributed by atoms with Gasteiger partial charge in [0.25, 0.3) is 0 Å². The van der Waals surface area contributed by atoms with Crippen LogP contribution in [0, 0.1) is 5.92 Å². The van der Waals surface area contributed by atoms with E-state index in [0.29, 0.717) is 44.4 Å². The monoisotopic (exact) mass is 398 g/mol. The summed E-state index contributed by atoms with van der Waals surface area (Å²) in [6.45, 7) is 7.69. The zero-order valence-corrected chi connectivity index (χ0v) is 16.6. The van der Waals surface area contributed by atoms with Crippen molar-refractivity contribution in [2.75, 3.05) is 32.9 Å². The van der Waals surface area contributed by atoms with Crippen molar-refractivity contribution in [2.45, 2.75) is 37.8 Å². The van der Waals surface area contributed by atoms with Gasteiger partial charge >= 0.3 is 0 Å². The minimum Gasteiger partial charge on any atom is -0.486 e. The van der Waals surface area contributed by atoms with Crippen molar-refractivity contribution in [2.24, 2.45) is 5.92 Å². The van der Waals surface area contributed by atoms with Crippen molar-refractivity contribution in [3.8, 4) is 11.5 Å². The van der Waals surface area contributed by atoms with Gasteiger partial charge in [0.2, 0.25) is 15.9 Å². The Morgan fingerprint density at radius 1 is 1.19 bits per heavy atom. The van der Waals surface area contributed by atoms with Crippen molar-refractivity contribution >= 4 is 15.9 Å². The first-order valence-corrected chi connectivity index (χ1v) is 10.6. The topological polar surface area (TPSA) is 94.2 Å². The Kier molecular flexibility index (Phi) is 5.92. The molecule has 0 aliphatic carbocycles. The Hall–Kier alpha value is -1.84. The predicted octanol–water partition coefficient (Wildman–Crippen LogP) is 1.01. The molecule has 1 saturated heterocycles. The maximum absolute atomic E-state index is 12.9. The fourth-order valence-electron chi connectivity index (χ4n) is 3.11. The first-order valence-electron chi connectivity index (χ1n) is 9.10. The van der Waals surface area contributed by atoms with Crippen LogP contribution >= 0.6 is 0 Å². The van der Waals surface area contributed by atoms with Gasteiger partial charge in [-0.15, -0.1) is 0 Å². The number of amides is 1. The van der Waals surface area contributed by atoms with Crippen LogP contribution in [0.4, 0.5) is 0 Å². The molecular formula is C18H26N2O6S. The SMILES string of the molecule is CC(C)[C@@H](NS(=O)(=O)c1ccc2c(c1)OCCO2)C(=O)N1CCO[C@H](C)C1. The zero-order valence-electron chi connectivity index (χ0n) is 15.8. The molecule has 2 aliphatic heterocycles. The quantitative estimate of drug-likeness (QED) is 0.796. The number of carbonyl (C=O) groups excluding carboxylic acids is 1. The van der Waals surface area contributed by atoms with Crippen LogP contribution in [0.15, 0.2) is 23.1 Å². The van der Waals surface area contributed by atoms with E-state index in [4.69, 9.17) is 14.2 Å². The summed E-state index contributed by atoms with van der Waals surface area (Å²) in [5.41, 5.74) is 0. The molecular weight excluding hydrogens is 372 g/mol. The molecule has 0 spiro atoms. The fraction of sp³-hybridized carbons (Fsp3) is 0.611. The molecule has 0 bridgehead atoms. The molecule has 2 heterocycles. The molecule has 1 aromatic carbocycles. The van der Waals surface area contributed by atoms with Gasteiger partial charge in [-0.25, -0.2) is 8.42 Å². The number of hydrogen-bond acceptors (Lipinski definition) is 6. The lowest BCUT2D eigenvalue weighted by atomic mass is 10.0. The molecule has 2 atom stereocenters. The number of ether oxygens (including phenoxy) is 3. The van der Waals surface area contributed by atoms with Crippen molar-refractivity contribution < 1.29 is 27.4 Å².